The van der Waals surface area contributed by atoms with Crippen molar-refractivity contribution >= 4 is 17.7 Å². The van der Waals surface area contributed by atoms with Crippen LogP contribution in [0, 0.1) is 0 Å². The fraction of sp³-hybridized carbons (Fsp3) is 0.273. The number of rotatable bonds is 5. The molecule has 0 radical (unpaired) electrons. The quantitative estimate of drug-likeness (QED) is 0.504. The summed E-state index contributed by atoms with van der Waals surface area (Å²) >= 11 is 1.39. The Morgan fingerprint density at radius 2 is 1.75 bits per heavy atom. The molecule has 2 aromatic carbocycles. The first-order valence-corrected chi connectivity index (χ1v) is 10.1. The molecule has 1 fully saturated rings. The van der Waals surface area contributed by atoms with Crippen LogP contribution in [0.25, 0.3) is 22.6 Å². The van der Waals surface area contributed by atoms with Crippen molar-refractivity contribution in [2.24, 2.45) is 0 Å². The molecule has 0 bridgehead atoms. The second-order valence-corrected chi connectivity index (χ2v) is 8.16. The molecule has 1 N–H and O–H groups in total. The third-order valence-electron chi connectivity index (χ3n) is 4.57. The van der Waals surface area contributed by atoms with Crippen molar-refractivity contribution in [2.45, 2.75) is 36.7 Å². The Balaban J connectivity index is 1.58. The van der Waals surface area contributed by atoms with Crippen molar-refractivity contribution < 1.29 is 19.1 Å². The second kappa shape index (κ2) is 7.81. The number of hydrogen-bond acceptors (Lipinski definition) is 6. The largest absolute Gasteiger partial charge is 0.461 e. The van der Waals surface area contributed by atoms with Crippen molar-refractivity contribution in [3.63, 3.8) is 0 Å². The van der Waals surface area contributed by atoms with Gasteiger partial charge in [0.2, 0.25) is 0 Å². The molecule has 6 heteroatoms. The van der Waals surface area contributed by atoms with Gasteiger partial charge in [-0.2, -0.15) is 0 Å². The lowest BCUT2D eigenvalue weighted by molar-refractivity contribution is -0.165. The van der Waals surface area contributed by atoms with Crippen molar-refractivity contribution in [3.8, 4) is 22.6 Å². The van der Waals surface area contributed by atoms with Crippen LogP contribution in [0.1, 0.15) is 19.8 Å². The highest BCUT2D eigenvalue weighted by molar-refractivity contribution is 7.99. The maximum Gasteiger partial charge on any atom is 0.309 e. The highest BCUT2D eigenvalue weighted by Crippen LogP contribution is 2.36. The third kappa shape index (κ3) is 4.29. The van der Waals surface area contributed by atoms with Crippen LogP contribution in [-0.2, 0) is 9.53 Å². The van der Waals surface area contributed by atoms with Gasteiger partial charge in [0.15, 0.2) is 5.76 Å². The first kappa shape index (κ1) is 18.8. The first-order valence-electron chi connectivity index (χ1n) is 9.16. The van der Waals surface area contributed by atoms with Gasteiger partial charge in [0, 0.05) is 23.3 Å². The number of cyclic esters (lactones) is 1. The predicted molar refractivity (Wildman–Crippen MR) is 108 cm³/mol. The van der Waals surface area contributed by atoms with E-state index in [9.17, 15) is 9.90 Å². The molecule has 1 saturated heterocycles. The fourth-order valence-corrected chi connectivity index (χ4v) is 4.15. The SMILES string of the molecule is C[C@]1(O)CC(=O)O[C@@H](CSc2nc(-c3ccccc3)c(-c3ccccc3)o2)C1. The van der Waals surface area contributed by atoms with E-state index in [4.69, 9.17) is 9.15 Å². The number of oxazole rings is 1. The summed E-state index contributed by atoms with van der Waals surface area (Å²) in [6, 6.07) is 19.8. The van der Waals surface area contributed by atoms with Crippen LogP contribution >= 0.6 is 11.8 Å². The van der Waals surface area contributed by atoms with Gasteiger partial charge < -0.3 is 14.3 Å². The Kier molecular flexibility index (Phi) is 5.24. The molecule has 28 heavy (non-hydrogen) atoms. The zero-order valence-corrected chi connectivity index (χ0v) is 16.3. The number of thioether (sulfide) groups is 1. The van der Waals surface area contributed by atoms with Crippen molar-refractivity contribution in [1.82, 2.24) is 4.98 Å². The lowest BCUT2D eigenvalue weighted by Crippen LogP contribution is -2.41. The van der Waals surface area contributed by atoms with Gasteiger partial charge in [0.1, 0.15) is 11.8 Å². The summed E-state index contributed by atoms with van der Waals surface area (Å²) in [5, 5.41) is 10.7. The van der Waals surface area contributed by atoms with Crippen molar-refractivity contribution in [2.75, 3.05) is 5.75 Å². The number of nitrogens with zero attached hydrogens (tertiary/aromatic N) is 1. The number of carbonyl (C=O) groups is 1. The van der Waals surface area contributed by atoms with Gasteiger partial charge in [-0.1, -0.05) is 72.4 Å². The summed E-state index contributed by atoms with van der Waals surface area (Å²) in [7, 11) is 0. The Hall–Kier alpha value is -2.57. The number of hydrogen-bond donors (Lipinski definition) is 1. The van der Waals surface area contributed by atoms with Gasteiger partial charge in [-0.05, 0) is 6.92 Å². The molecule has 2 atom stereocenters. The van der Waals surface area contributed by atoms with Gasteiger partial charge in [0.25, 0.3) is 5.22 Å². The molecular formula is C22H21NO4S. The van der Waals surface area contributed by atoms with Crippen LogP contribution in [-0.4, -0.2) is 33.5 Å². The van der Waals surface area contributed by atoms with Crippen LogP contribution in [0.2, 0.25) is 0 Å². The average molecular weight is 395 g/mol. The Morgan fingerprint density at radius 1 is 1.11 bits per heavy atom. The number of carbonyl (C=O) groups excluding carboxylic acids is 1. The minimum atomic E-state index is -1.03. The fourth-order valence-electron chi connectivity index (χ4n) is 3.34. The van der Waals surface area contributed by atoms with E-state index < -0.39 is 5.60 Å². The monoisotopic (exact) mass is 395 g/mol. The molecule has 1 aromatic heterocycles. The molecule has 0 aliphatic carbocycles. The summed E-state index contributed by atoms with van der Waals surface area (Å²) in [5.41, 5.74) is 1.68. The average Bonchev–Trinajstić information content (AvgIpc) is 3.11. The number of aliphatic hydroxyl groups is 1. The van der Waals surface area contributed by atoms with E-state index in [1.807, 2.05) is 60.7 Å². The lowest BCUT2D eigenvalue weighted by atomic mass is 9.93. The standard InChI is InChI=1S/C22H21NO4S/c1-22(25)12-17(26-18(24)13-22)14-28-21-23-19(15-8-4-2-5-9-15)20(27-21)16-10-6-3-7-11-16/h2-11,17,25H,12-14H2,1H3/t17-,22-/m1/s1. The zero-order valence-electron chi connectivity index (χ0n) is 15.5. The Bertz CT molecular complexity index is 896. The van der Waals surface area contributed by atoms with Crippen LogP contribution in [0.3, 0.4) is 0 Å². The van der Waals surface area contributed by atoms with Crippen molar-refractivity contribution in [3.05, 3.63) is 60.7 Å². The predicted octanol–water partition coefficient (Wildman–Crippen LogP) is 4.56. The molecule has 0 unspecified atom stereocenters. The molecule has 4 rings (SSSR count). The third-order valence-corrected chi connectivity index (χ3v) is 5.53. The van der Waals surface area contributed by atoms with Crippen LogP contribution in [0.15, 0.2) is 70.3 Å². The molecule has 0 spiro atoms. The number of benzene rings is 2. The van der Waals surface area contributed by atoms with E-state index in [0.717, 1.165) is 16.8 Å². The van der Waals surface area contributed by atoms with Gasteiger partial charge >= 0.3 is 5.97 Å². The van der Waals surface area contributed by atoms with E-state index in [-0.39, 0.29) is 18.5 Å². The normalized spacial score (nSPS) is 22.1. The van der Waals surface area contributed by atoms with E-state index >= 15 is 0 Å². The molecular weight excluding hydrogens is 374 g/mol. The molecule has 3 aromatic rings. The van der Waals surface area contributed by atoms with Gasteiger partial charge in [-0.15, -0.1) is 0 Å². The Labute approximate surface area is 167 Å². The molecule has 144 valence electrons. The van der Waals surface area contributed by atoms with E-state index in [1.165, 1.54) is 11.8 Å². The van der Waals surface area contributed by atoms with E-state index in [1.54, 1.807) is 6.92 Å². The summed E-state index contributed by atoms with van der Waals surface area (Å²) in [4.78, 5) is 16.4. The van der Waals surface area contributed by atoms with Gasteiger partial charge in [-0.25, -0.2) is 4.98 Å². The van der Waals surface area contributed by atoms with Crippen molar-refractivity contribution in [1.29, 1.82) is 0 Å². The topological polar surface area (TPSA) is 72.6 Å². The smallest absolute Gasteiger partial charge is 0.309 e. The minimum Gasteiger partial charge on any atom is -0.461 e. The number of ether oxygens (including phenoxy) is 1. The minimum absolute atomic E-state index is 0.0312. The summed E-state index contributed by atoms with van der Waals surface area (Å²) < 4.78 is 11.4. The highest BCUT2D eigenvalue weighted by atomic mass is 32.2. The number of aromatic nitrogens is 1. The lowest BCUT2D eigenvalue weighted by Gasteiger charge is -2.32. The van der Waals surface area contributed by atoms with Crippen LogP contribution in [0.5, 0.6) is 0 Å². The molecule has 1 aliphatic rings. The summed E-state index contributed by atoms with van der Waals surface area (Å²) in [5.74, 6) is 0.816. The molecule has 1 aliphatic heterocycles. The second-order valence-electron chi connectivity index (χ2n) is 7.19. The molecule has 2 heterocycles. The molecule has 5 nitrogen and oxygen atoms in total. The van der Waals surface area contributed by atoms with Gasteiger partial charge in [0.05, 0.1) is 12.0 Å². The Morgan fingerprint density at radius 3 is 2.39 bits per heavy atom. The van der Waals surface area contributed by atoms with E-state index in [0.29, 0.717) is 23.2 Å². The number of esters is 1. The van der Waals surface area contributed by atoms with Crippen LogP contribution in [0.4, 0.5) is 0 Å². The first-order chi connectivity index (χ1) is 13.5. The van der Waals surface area contributed by atoms with E-state index in [2.05, 4.69) is 4.98 Å². The highest BCUT2D eigenvalue weighted by Gasteiger charge is 2.36. The summed E-state index contributed by atoms with van der Waals surface area (Å²) in [6.45, 7) is 1.66. The zero-order chi connectivity index (χ0) is 19.6. The maximum absolute atomic E-state index is 11.7. The van der Waals surface area contributed by atoms with Gasteiger partial charge in [-0.3, -0.25) is 4.79 Å². The summed E-state index contributed by atoms with van der Waals surface area (Å²) in [6.07, 6.45) is 0.0704. The molecule has 0 amide bonds. The molecule has 0 saturated carbocycles. The maximum atomic E-state index is 11.7. The van der Waals surface area contributed by atoms with Crippen LogP contribution < -0.4 is 0 Å².